The van der Waals surface area contributed by atoms with Gasteiger partial charge < -0.3 is 19.9 Å². The van der Waals surface area contributed by atoms with Crippen molar-refractivity contribution in [1.82, 2.24) is 25.4 Å². The van der Waals surface area contributed by atoms with Crippen molar-refractivity contribution in [2.24, 2.45) is 18.0 Å². The number of methoxy groups -OCH3 is 1. The molecule has 0 aliphatic carbocycles. The van der Waals surface area contributed by atoms with E-state index in [9.17, 15) is 0 Å². The summed E-state index contributed by atoms with van der Waals surface area (Å²) in [5, 5.41) is 15.3. The first kappa shape index (κ1) is 24.7. The van der Waals surface area contributed by atoms with Gasteiger partial charge in [-0.05, 0) is 43.4 Å². The summed E-state index contributed by atoms with van der Waals surface area (Å²) in [4.78, 5) is 4.73. The Bertz CT molecular complexity index is 782. The molecule has 1 heterocycles. The van der Waals surface area contributed by atoms with Gasteiger partial charge in [0.05, 0.1) is 7.11 Å². The number of ether oxygens (including phenoxy) is 1. The van der Waals surface area contributed by atoms with E-state index in [-0.39, 0.29) is 0 Å². The fourth-order valence-electron chi connectivity index (χ4n) is 3.27. The monoisotopic (exact) mass is 428 g/mol. The Hall–Kier alpha value is -2.57. The Kier molecular flexibility index (Phi) is 10.9. The third-order valence-electron chi connectivity index (χ3n) is 5.43. The molecule has 1 aromatic heterocycles. The van der Waals surface area contributed by atoms with Crippen LogP contribution in [0.1, 0.15) is 63.2 Å². The van der Waals surface area contributed by atoms with Gasteiger partial charge in [-0.2, -0.15) is 0 Å². The number of aliphatic imine (C=N–C) groups is 1. The average Bonchev–Trinajstić information content (AvgIpc) is 3.08. The van der Waals surface area contributed by atoms with Crippen LogP contribution in [0.25, 0.3) is 0 Å². The number of benzene rings is 1. The number of nitrogens with zero attached hydrogens (tertiary/aromatic N) is 4. The van der Waals surface area contributed by atoms with Crippen molar-refractivity contribution in [3.63, 3.8) is 0 Å². The van der Waals surface area contributed by atoms with Crippen LogP contribution in [0.5, 0.6) is 5.75 Å². The van der Waals surface area contributed by atoms with Gasteiger partial charge >= 0.3 is 0 Å². The first-order valence-corrected chi connectivity index (χ1v) is 11.5. The van der Waals surface area contributed by atoms with Gasteiger partial charge in [0.25, 0.3) is 0 Å². The van der Waals surface area contributed by atoms with Crippen LogP contribution in [-0.4, -0.2) is 40.9 Å². The van der Waals surface area contributed by atoms with Crippen molar-refractivity contribution in [3.05, 3.63) is 41.5 Å². The zero-order chi connectivity index (χ0) is 22.5. The minimum atomic E-state index is 0.504. The predicted molar refractivity (Wildman–Crippen MR) is 128 cm³/mol. The number of aromatic nitrogens is 3. The van der Waals surface area contributed by atoms with Crippen LogP contribution in [0.15, 0.2) is 29.3 Å². The van der Waals surface area contributed by atoms with Crippen LogP contribution in [0.3, 0.4) is 0 Å². The Morgan fingerprint density at radius 3 is 2.39 bits per heavy atom. The quantitative estimate of drug-likeness (QED) is 0.286. The van der Waals surface area contributed by atoms with Gasteiger partial charge in [-0.15, -0.1) is 10.2 Å². The smallest absolute Gasteiger partial charge is 0.191 e. The second kappa shape index (κ2) is 13.7. The molecule has 0 radical (unpaired) electrons. The number of nitrogens with one attached hydrogen (secondary N) is 2. The topological polar surface area (TPSA) is 76.4 Å². The van der Waals surface area contributed by atoms with E-state index in [1.54, 1.807) is 7.11 Å². The number of unbranched alkanes of at least 4 members (excludes halogenated alkanes) is 3. The minimum absolute atomic E-state index is 0.504. The molecule has 0 atom stereocenters. The molecule has 0 amide bonds. The highest BCUT2D eigenvalue weighted by Gasteiger charge is 2.05. The number of hydrogen-bond acceptors (Lipinski definition) is 4. The Morgan fingerprint density at radius 2 is 1.74 bits per heavy atom. The van der Waals surface area contributed by atoms with Crippen LogP contribution >= 0.6 is 0 Å². The lowest BCUT2D eigenvalue weighted by Crippen LogP contribution is -2.39. The van der Waals surface area contributed by atoms with Crippen molar-refractivity contribution in [3.8, 4) is 5.75 Å². The fourth-order valence-corrected chi connectivity index (χ4v) is 3.27. The number of hydrogen-bond donors (Lipinski definition) is 2. The molecule has 172 valence electrons. The number of guanidine groups is 1. The predicted octanol–water partition coefficient (Wildman–Crippen LogP) is 4.02. The maximum absolute atomic E-state index is 5.23. The number of rotatable bonds is 13. The highest BCUT2D eigenvalue weighted by molar-refractivity contribution is 5.79. The summed E-state index contributed by atoms with van der Waals surface area (Å²) in [7, 11) is 3.66. The summed E-state index contributed by atoms with van der Waals surface area (Å²) in [5.41, 5.74) is 1.27. The third kappa shape index (κ3) is 9.40. The summed E-state index contributed by atoms with van der Waals surface area (Å²) in [6.07, 6.45) is 7.27. The summed E-state index contributed by atoms with van der Waals surface area (Å²) in [6, 6.07) is 8.20. The summed E-state index contributed by atoms with van der Waals surface area (Å²) in [5.74, 6) is 4.27. The van der Waals surface area contributed by atoms with E-state index in [4.69, 9.17) is 9.73 Å². The van der Waals surface area contributed by atoms with Crippen LogP contribution in [0.4, 0.5) is 0 Å². The van der Waals surface area contributed by atoms with Gasteiger partial charge in [0.15, 0.2) is 11.8 Å². The standard InChI is InChI=1S/C24H40N6O/c1-19(2)10-8-6-7-9-16-25-24(27-18-23-29-28-20(3)30(23)4)26-17-15-21-11-13-22(31-5)14-12-21/h11-14,19H,6-10,15-18H2,1-5H3,(H2,25,26,27). The Labute approximate surface area is 187 Å². The minimum Gasteiger partial charge on any atom is -0.497 e. The molecular weight excluding hydrogens is 388 g/mol. The van der Waals surface area contributed by atoms with Crippen molar-refractivity contribution < 1.29 is 4.74 Å². The lowest BCUT2D eigenvalue weighted by molar-refractivity contribution is 0.414. The molecule has 0 aliphatic rings. The highest BCUT2D eigenvalue weighted by atomic mass is 16.5. The van der Waals surface area contributed by atoms with Crippen LogP contribution in [-0.2, 0) is 20.0 Å². The van der Waals surface area contributed by atoms with Crippen LogP contribution < -0.4 is 15.4 Å². The second-order valence-electron chi connectivity index (χ2n) is 8.44. The lowest BCUT2D eigenvalue weighted by Gasteiger charge is -2.13. The normalized spacial score (nSPS) is 11.7. The molecule has 0 aliphatic heterocycles. The van der Waals surface area contributed by atoms with Gasteiger partial charge in [-0.25, -0.2) is 4.99 Å². The largest absolute Gasteiger partial charge is 0.497 e. The first-order chi connectivity index (χ1) is 15.0. The third-order valence-corrected chi connectivity index (χ3v) is 5.43. The average molecular weight is 429 g/mol. The second-order valence-corrected chi connectivity index (χ2v) is 8.44. The van der Waals surface area contributed by atoms with Gasteiger partial charge in [-0.1, -0.05) is 51.7 Å². The van der Waals surface area contributed by atoms with Crippen LogP contribution in [0, 0.1) is 12.8 Å². The van der Waals surface area contributed by atoms with E-state index in [0.29, 0.717) is 6.54 Å². The molecule has 1 aromatic carbocycles. The molecule has 0 bridgehead atoms. The maximum Gasteiger partial charge on any atom is 0.191 e. The zero-order valence-corrected chi connectivity index (χ0v) is 19.9. The molecule has 2 N–H and O–H groups in total. The van der Waals surface area contributed by atoms with E-state index in [0.717, 1.165) is 55.2 Å². The zero-order valence-electron chi connectivity index (χ0n) is 19.9. The molecule has 0 unspecified atom stereocenters. The van der Waals surface area contributed by atoms with E-state index in [1.165, 1.54) is 31.2 Å². The fraction of sp³-hybridized carbons (Fsp3) is 0.625. The highest BCUT2D eigenvalue weighted by Crippen LogP contribution is 2.11. The molecule has 2 aromatic rings. The summed E-state index contributed by atoms with van der Waals surface area (Å²) in [6.45, 7) is 8.77. The molecule has 0 spiro atoms. The van der Waals surface area contributed by atoms with Crippen LogP contribution in [0.2, 0.25) is 0 Å². The molecule has 31 heavy (non-hydrogen) atoms. The first-order valence-electron chi connectivity index (χ1n) is 11.5. The molecular formula is C24H40N6O. The molecule has 0 saturated heterocycles. The van der Waals surface area contributed by atoms with E-state index in [2.05, 4.69) is 46.8 Å². The lowest BCUT2D eigenvalue weighted by atomic mass is 10.0. The van der Waals surface area contributed by atoms with Crippen molar-refractivity contribution in [2.45, 2.75) is 65.8 Å². The van der Waals surface area contributed by atoms with E-state index >= 15 is 0 Å². The van der Waals surface area contributed by atoms with Crippen molar-refractivity contribution in [1.29, 1.82) is 0 Å². The van der Waals surface area contributed by atoms with Crippen molar-refractivity contribution >= 4 is 5.96 Å². The SMILES string of the molecule is COc1ccc(CCNC(=NCc2nnc(C)n2C)NCCCCCCC(C)C)cc1. The van der Waals surface area contributed by atoms with Gasteiger partial charge in [0.2, 0.25) is 0 Å². The van der Waals surface area contributed by atoms with E-state index < -0.39 is 0 Å². The summed E-state index contributed by atoms with van der Waals surface area (Å²) >= 11 is 0. The van der Waals surface area contributed by atoms with Gasteiger partial charge in [0.1, 0.15) is 18.1 Å². The molecule has 7 heteroatoms. The Balaban J connectivity index is 1.82. The molecule has 2 rings (SSSR count). The molecule has 0 saturated carbocycles. The molecule has 0 fully saturated rings. The molecule has 7 nitrogen and oxygen atoms in total. The summed E-state index contributed by atoms with van der Waals surface area (Å²) < 4.78 is 7.21. The van der Waals surface area contributed by atoms with E-state index in [1.807, 2.05) is 30.7 Å². The maximum atomic E-state index is 5.23. The number of aryl methyl sites for hydroxylation is 1. The Morgan fingerprint density at radius 1 is 1.03 bits per heavy atom. The van der Waals surface area contributed by atoms with Crippen molar-refractivity contribution in [2.75, 3.05) is 20.2 Å². The van der Waals surface area contributed by atoms with Gasteiger partial charge in [-0.3, -0.25) is 0 Å². The van der Waals surface area contributed by atoms with Gasteiger partial charge in [0, 0.05) is 20.1 Å².